The zero-order valence-electron chi connectivity index (χ0n) is 10.2. The number of benzene rings is 1. The second-order valence-corrected chi connectivity index (χ2v) is 4.49. The van der Waals surface area contributed by atoms with Crippen molar-refractivity contribution in [3.05, 3.63) is 54.0 Å². The monoisotopic (exact) mass is 238 g/mol. The van der Waals surface area contributed by atoms with Gasteiger partial charge in [-0.05, 0) is 36.2 Å². The molecule has 4 heteroatoms. The van der Waals surface area contributed by atoms with E-state index >= 15 is 0 Å². The zero-order chi connectivity index (χ0) is 12.5. The van der Waals surface area contributed by atoms with Crippen molar-refractivity contribution in [2.24, 2.45) is 0 Å². The maximum atomic E-state index is 5.82. The average molecular weight is 238 g/mol. The van der Waals surface area contributed by atoms with Crippen molar-refractivity contribution in [1.29, 1.82) is 0 Å². The summed E-state index contributed by atoms with van der Waals surface area (Å²) in [6.45, 7) is 2.75. The van der Waals surface area contributed by atoms with Gasteiger partial charge in [0.1, 0.15) is 0 Å². The van der Waals surface area contributed by atoms with E-state index in [0.29, 0.717) is 6.54 Å². The van der Waals surface area contributed by atoms with Crippen LogP contribution in [0.4, 0.5) is 5.69 Å². The Hall–Kier alpha value is -2.36. The molecule has 0 unspecified atom stereocenters. The van der Waals surface area contributed by atoms with E-state index in [-0.39, 0.29) is 0 Å². The van der Waals surface area contributed by atoms with Gasteiger partial charge in [-0.1, -0.05) is 6.07 Å². The smallest absolute Gasteiger partial charge is 0.0706 e. The number of hydrogen-bond acceptors (Lipinski definition) is 3. The fourth-order valence-corrected chi connectivity index (χ4v) is 2.09. The van der Waals surface area contributed by atoms with Crippen LogP contribution in [0.15, 0.2) is 42.9 Å². The third kappa shape index (κ3) is 1.93. The van der Waals surface area contributed by atoms with Crippen LogP contribution >= 0.6 is 0 Å². The quantitative estimate of drug-likeness (QED) is 0.697. The summed E-state index contributed by atoms with van der Waals surface area (Å²) in [4.78, 5) is 4.20. The third-order valence-corrected chi connectivity index (χ3v) is 2.93. The van der Waals surface area contributed by atoms with Gasteiger partial charge in [-0.3, -0.25) is 9.67 Å². The molecule has 1 aromatic carbocycles. The highest BCUT2D eigenvalue weighted by Gasteiger charge is 2.04. The lowest BCUT2D eigenvalue weighted by Gasteiger charge is -2.05. The first kappa shape index (κ1) is 10.8. The van der Waals surface area contributed by atoms with E-state index in [1.807, 2.05) is 48.4 Å². The number of fused-ring (bicyclic) bond motifs is 1. The number of nitrogens with zero attached hydrogens (tertiary/aromatic N) is 3. The first-order valence-electron chi connectivity index (χ1n) is 5.84. The molecule has 18 heavy (non-hydrogen) atoms. The van der Waals surface area contributed by atoms with Crippen LogP contribution in [0.25, 0.3) is 10.9 Å². The maximum absolute atomic E-state index is 5.82. The van der Waals surface area contributed by atoms with Crippen LogP contribution in [0.1, 0.15) is 11.1 Å². The summed E-state index contributed by atoms with van der Waals surface area (Å²) >= 11 is 0. The predicted octanol–water partition coefficient (Wildman–Crippen LogP) is 2.37. The Labute approximate surface area is 105 Å². The van der Waals surface area contributed by atoms with Gasteiger partial charge in [0, 0.05) is 23.5 Å². The molecule has 0 saturated carbocycles. The highest BCUT2D eigenvalue weighted by Crippen LogP contribution is 2.18. The molecular weight excluding hydrogens is 224 g/mol. The topological polar surface area (TPSA) is 56.7 Å². The number of nitrogen functional groups attached to an aromatic ring is 1. The fraction of sp³-hybridized carbons (Fsp3) is 0.143. The molecule has 0 saturated heterocycles. The van der Waals surface area contributed by atoms with E-state index in [9.17, 15) is 0 Å². The summed E-state index contributed by atoms with van der Waals surface area (Å²) < 4.78 is 1.95. The van der Waals surface area contributed by atoms with Crippen molar-refractivity contribution in [2.75, 3.05) is 5.73 Å². The molecule has 3 rings (SSSR count). The molecule has 0 fully saturated rings. The standard InChI is InChI=1S/C14H14N4/c1-10-4-11(7-16-6-10)9-18-14-5-13(15)3-2-12(14)8-17-18/h2-8H,9,15H2,1H3. The van der Waals surface area contributed by atoms with Gasteiger partial charge in [0.05, 0.1) is 18.3 Å². The fourth-order valence-electron chi connectivity index (χ4n) is 2.09. The molecule has 90 valence electrons. The zero-order valence-corrected chi connectivity index (χ0v) is 10.2. The van der Waals surface area contributed by atoms with Crippen molar-refractivity contribution in [2.45, 2.75) is 13.5 Å². The van der Waals surface area contributed by atoms with Gasteiger partial charge in [0.2, 0.25) is 0 Å². The summed E-state index contributed by atoms with van der Waals surface area (Å²) in [7, 11) is 0. The van der Waals surface area contributed by atoms with Crippen molar-refractivity contribution >= 4 is 16.6 Å². The number of anilines is 1. The van der Waals surface area contributed by atoms with Crippen LogP contribution in [0.2, 0.25) is 0 Å². The molecule has 4 nitrogen and oxygen atoms in total. The Morgan fingerprint density at radius 2 is 2.06 bits per heavy atom. The van der Waals surface area contributed by atoms with Gasteiger partial charge in [0.15, 0.2) is 0 Å². The summed E-state index contributed by atoms with van der Waals surface area (Å²) in [6.07, 6.45) is 5.58. The lowest BCUT2D eigenvalue weighted by molar-refractivity contribution is 0.709. The second-order valence-electron chi connectivity index (χ2n) is 4.49. The van der Waals surface area contributed by atoms with Crippen molar-refractivity contribution in [3.63, 3.8) is 0 Å². The Bertz CT molecular complexity index is 700. The second kappa shape index (κ2) is 4.14. The summed E-state index contributed by atoms with van der Waals surface area (Å²) in [5, 5.41) is 5.50. The molecule has 2 N–H and O–H groups in total. The van der Waals surface area contributed by atoms with E-state index in [1.54, 1.807) is 0 Å². The van der Waals surface area contributed by atoms with Crippen LogP contribution in [-0.4, -0.2) is 14.8 Å². The Balaban J connectivity index is 2.02. The minimum atomic E-state index is 0.710. The maximum Gasteiger partial charge on any atom is 0.0706 e. The van der Waals surface area contributed by atoms with E-state index < -0.39 is 0 Å². The van der Waals surface area contributed by atoms with Crippen molar-refractivity contribution in [1.82, 2.24) is 14.8 Å². The van der Waals surface area contributed by atoms with Crippen LogP contribution in [0.5, 0.6) is 0 Å². The molecule has 0 spiro atoms. The summed E-state index contributed by atoms with van der Waals surface area (Å²) in [6, 6.07) is 7.95. The van der Waals surface area contributed by atoms with Gasteiger partial charge in [-0.25, -0.2) is 0 Å². The normalized spacial score (nSPS) is 10.9. The number of rotatable bonds is 2. The number of aryl methyl sites for hydroxylation is 1. The van der Waals surface area contributed by atoms with Crippen LogP contribution in [0.3, 0.4) is 0 Å². The van der Waals surface area contributed by atoms with Crippen LogP contribution < -0.4 is 5.73 Å². The molecule has 0 aliphatic carbocycles. The molecule has 0 atom stereocenters. The number of pyridine rings is 1. The first-order valence-corrected chi connectivity index (χ1v) is 5.84. The average Bonchev–Trinajstić information content (AvgIpc) is 2.72. The Morgan fingerprint density at radius 1 is 1.17 bits per heavy atom. The van der Waals surface area contributed by atoms with E-state index in [2.05, 4.69) is 16.1 Å². The van der Waals surface area contributed by atoms with E-state index in [1.165, 1.54) is 0 Å². The summed E-state index contributed by atoms with van der Waals surface area (Å²) in [5.41, 5.74) is 9.92. The lowest BCUT2D eigenvalue weighted by Crippen LogP contribution is -2.02. The van der Waals surface area contributed by atoms with E-state index in [4.69, 9.17) is 5.73 Å². The van der Waals surface area contributed by atoms with Crippen LogP contribution in [-0.2, 0) is 6.54 Å². The number of aromatic nitrogens is 3. The number of nitrogens with two attached hydrogens (primary N) is 1. The molecule has 0 bridgehead atoms. The SMILES string of the molecule is Cc1cncc(Cn2ncc3ccc(N)cc32)c1. The Morgan fingerprint density at radius 3 is 2.89 bits per heavy atom. The molecular formula is C14H14N4. The minimum absolute atomic E-state index is 0.710. The van der Waals surface area contributed by atoms with Crippen molar-refractivity contribution in [3.8, 4) is 0 Å². The van der Waals surface area contributed by atoms with Crippen LogP contribution in [0, 0.1) is 6.92 Å². The highest BCUT2D eigenvalue weighted by molar-refractivity contribution is 5.81. The molecule has 2 aromatic heterocycles. The molecule has 3 aromatic rings. The largest absolute Gasteiger partial charge is 0.399 e. The van der Waals surface area contributed by atoms with Crippen molar-refractivity contribution < 1.29 is 0 Å². The molecule has 0 radical (unpaired) electrons. The van der Waals surface area contributed by atoms with Gasteiger partial charge in [-0.2, -0.15) is 5.10 Å². The van der Waals surface area contributed by atoms with Gasteiger partial charge >= 0.3 is 0 Å². The first-order chi connectivity index (χ1) is 8.72. The van der Waals surface area contributed by atoms with Gasteiger partial charge in [0.25, 0.3) is 0 Å². The van der Waals surface area contributed by atoms with Gasteiger partial charge in [-0.15, -0.1) is 0 Å². The summed E-state index contributed by atoms with van der Waals surface area (Å²) in [5.74, 6) is 0. The molecule has 2 heterocycles. The third-order valence-electron chi connectivity index (χ3n) is 2.93. The molecule has 0 aliphatic heterocycles. The number of hydrogen-bond donors (Lipinski definition) is 1. The predicted molar refractivity (Wildman–Crippen MR) is 72.2 cm³/mol. The highest BCUT2D eigenvalue weighted by atomic mass is 15.3. The van der Waals surface area contributed by atoms with Gasteiger partial charge < -0.3 is 5.73 Å². The molecule has 0 amide bonds. The van der Waals surface area contributed by atoms with E-state index in [0.717, 1.165) is 27.7 Å². The minimum Gasteiger partial charge on any atom is -0.399 e. The lowest BCUT2D eigenvalue weighted by atomic mass is 10.2. The molecule has 0 aliphatic rings. The Kier molecular flexibility index (Phi) is 2.48.